The lowest BCUT2D eigenvalue weighted by Gasteiger charge is -2.19. The minimum absolute atomic E-state index is 0.0598. The summed E-state index contributed by atoms with van der Waals surface area (Å²) in [6.07, 6.45) is 1.67. The first-order valence-electron chi connectivity index (χ1n) is 6.21. The van der Waals surface area contributed by atoms with Gasteiger partial charge in [-0.3, -0.25) is 0 Å². The number of furan rings is 1. The minimum Gasteiger partial charge on any atom is -0.467 e. The zero-order valence-electron chi connectivity index (χ0n) is 11.6. The van der Waals surface area contributed by atoms with Crippen LogP contribution in [0.15, 0.2) is 33.5 Å². The third-order valence-electron chi connectivity index (χ3n) is 2.70. The average molecular weight is 324 g/mol. The number of rotatable bonds is 3. The van der Waals surface area contributed by atoms with Gasteiger partial charge in [-0.2, -0.15) is 0 Å². The lowest BCUT2D eigenvalue weighted by molar-refractivity contribution is 0.489. The molecular formula is C14H18BrN3O. The lowest BCUT2D eigenvalue weighted by atomic mass is 9.96. The standard InChI is InChI=1S/C14H18BrN3O/c1-9(10-6-5-7-19-10)16-12-8-11(15)17-13(18-12)14(2,3)4/h5-9H,1-4H3,(H,16,17,18). The van der Waals surface area contributed by atoms with Crippen LogP contribution in [0.2, 0.25) is 0 Å². The molecule has 2 aromatic heterocycles. The molecule has 0 radical (unpaired) electrons. The van der Waals surface area contributed by atoms with Gasteiger partial charge >= 0.3 is 0 Å². The van der Waals surface area contributed by atoms with Crippen molar-refractivity contribution < 1.29 is 4.42 Å². The maximum absolute atomic E-state index is 5.38. The summed E-state index contributed by atoms with van der Waals surface area (Å²) < 4.78 is 6.16. The van der Waals surface area contributed by atoms with E-state index in [4.69, 9.17) is 4.42 Å². The molecule has 0 fully saturated rings. The molecule has 2 rings (SSSR count). The van der Waals surface area contributed by atoms with E-state index in [1.165, 1.54) is 0 Å². The van der Waals surface area contributed by atoms with Crippen LogP contribution in [0.25, 0.3) is 0 Å². The fraction of sp³-hybridized carbons (Fsp3) is 0.429. The molecule has 0 aromatic carbocycles. The van der Waals surface area contributed by atoms with Crippen LogP contribution >= 0.6 is 15.9 Å². The molecule has 2 aromatic rings. The largest absolute Gasteiger partial charge is 0.467 e. The van der Waals surface area contributed by atoms with Gasteiger partial charge < -0.3 is 9.73 Å². The Labute approximate surface area is 121 Å². The molecule has 0 amide bonds. The zero-order chi connectivity index (χ0) is 14.0. The van der Waals surface area contributed by atoms with Gasteiger partial charge in [-0.25, -0.2) is 9.97 Å². The van der Waals surface area contributed by atoms with Crippen molar-refractivity contribution in [2.24, 2.45) is 0 Å². The molecule has 0 saturated carbocycles. The van der Waals surface area contributed by atoms with Gasteiger partial charge in [0.15, 0.2) is 0 Å². The van der Waals surface area contributed by atoms with Crippen LogP contribution in [-0.4, -0.2) is 9.97 Å². The number of anilines is 1. The van der Waals surface area contributed by atoms with Crippen molar-refractivity contribution in [3.8, 4) is 0 Å². The summed E-state index contributed by atoms with van der Waals surface area (Å²) in [5.41, 5.74) is -0.0892. The van der Waals surface area contributed by atoms with Crippen molar-refractivity contribution in [2.75, 3.05) is 5.32 Å². The molecule has 0 spiro atoms. The highest BCUT2D eigenvalue weighted by Crippen LogP contribution is 2.24. The van der Waals surface area contributed by atoms with Crippen molar-refractivity contribution in [1.82, 2.24) is 9.97 Å². The van der Waals surface area contributed by atoms with E-state index < -0.39 is 0 Å². The highest BCUT2D eigenvalue weighted by molar-refractivity contribution is 9.10. The first kappa shape index (κ1) is 14.1. The minimum atomic E-state index is -0.0892. The second-order valence-corrected chi connectivity index (χ2v) is 6.34. The van der Waals surface area contributed by atoms with Crippen LogP contribution in [0.1, 0.15) is 45.3 Å². The topological polar surface area (TPSA) is 51.0 Å². The van der Waals surface area contributed by atoms with E-state index in [1.807, 2.05) is 25.1 Å². The molecule has 0 aliphatic heterocycles. The molecule has 2 heterocycles. The van der Waals surface area contributed by atoms with E-state index in [0.717, 1.165) is 22.0 Å². The Morgan fingerprint density at radius 1 is 1.32 bits per heavy atom. The summed E-state index contributed by atoms with van der Waals surface area (Å²) in [6, 6.07) is 5.75. The molecule has 0 aliphatic rings. The molecule has 1 atom stereocenters. The van der Waals surface area contributed by atoms with E-state index in [-0.39, 0.29) is 11.5 Å². The normalized spacial score (nSPS) is 13.3. The molecule has 0 bridgehead atoms. The van der Waals surface area contributed by atoms with Crippen molar-refractivity contribution in [2.45, 2.75) is 39.2 Å². The van der Waals surface area contributed by atoms with E-state index >= 15 is 0 Å². The van der Waals surface area contributed by atoms with Crippen molar-refractivity contribution in [3.05, 3.63) is 40.7 Å². The predicted molar refractivity (Wildman–Crippen MR) is 79.2 cm³/mol. The van der Waals surface area contributed by atoms with E-state index in [2.05, 4.69) is 52.0 Å². The van der Waals surface area contributed by atoms with Crippen molar-refractivity contribution >= 4 is 21.7 Å². The first-order chi connectivity index (χ1) is 8.86. The fourth-order valence-corrected chi connectivity index (χ4v) is 2.04. The molecule has 19 heavy (non-hydrogen) atoms. The Bertz CT molecular complexity index is 546. The zero-order valence-corrected chi connectivity index (χ0v) is 13.2. The Morgan fingerprint density at radius 3 is 2.63 bits per heavy atom. The quantitative estimate of drug-likeness (QED) is 0.855. The highest BCUT2D eigenvalue weighted by Gasteiger charge is 2.19. The van der Waals surface area contributed by atoms with Crippen LogP contribution < -0.4 is 5.32 Å². The summed E-state index contributed by atoms with van der Waals surface area (Å²) >= 11 is 3.43. The summed E-state index contributed by atoms with van der Waals surface area (Å²) in [7, 11) is 0. The molecule has 1 N–H and O–H groups in total. The van der Waals surface area contributed by atoms with Gasteiger partial charge in [0.05, 0.1) is 12.3 Å². The Kier molecular flexibility index (Phi) is 3.94. The second kappa shape index (κ2) is 5.33. The van der Waals surface area contributed by atoms with Crippen LogP contribution in [0.4, 0.5) is 5.82 Å². The molecule has 1 unspecified atom stereocenters. The van der Waals surface area contributed by atoms with Gasteiger partial charge in [-0.05, 0) is 35.0 Å². The van der Waals surface area contributed by atoms with E-state index in [9.17, 15) is 0 Å². The highest BCUT2D eigenvalue weighted by atomic mass is 79.9. The Hall–Kier alpha value is -1.36. The van der Waals surface area contributed by atoms with Crippen molar-refractivity contribution in [1.29, 1.82) is 0 Å². The Morgan fingerprint density at radius 2 is 2.05 bits per heavy atom. The number of hydrogen-bond acceptors (Lipinski definition) is 4. The van der Waals surface area contributed by atoms with Gasteiger partial charge in [0.2, 0.25) is 0 Å². The fourth-order valence-electron chi connectivity index (χ4n) is 1.66. The summed E-state index contributed by atoms with van der Waals surface area (Å²) in [5.74, 6) is 2.47. The average Bonchev–Trinajstić information content (AvgIpc) is 2.80. The summed E-state index contributed by atoms with van der Waals surface area (Å²) in [6.45, 7) is 8.31. The molecular weight excluding hydrogens is 306 g/mol. The van der Waals surface area contributed by atoms with Gasteiger partial charge in [0, 0.05) is 11.5 Å². The third-order valence-corrected chi connectivity index (χ3v) is 3.11. The second-order valence-electron chi connectivity index (χ2n) is 5.53. The lowest BCUT2D eigenvalue weighted by Crippen LogP contribution is -2.18. The van der Waals surface area contributed by atoms with Crippen LogP contribution in [-0.2, 0) is 5.41 Å². The molecule has 0 aliphatic carbocycles. The number of nitrogens with one attached hydrogen (secondary N) is 1. The maximum atomic E-state index is 5.38. The van der Waals surface area contributed by atoms with Gasteiger partial charge in [0.1, 0.15) is 22.0 Å². The number of aromatic nitrogens is 2. The van der Waals surface area contributed by atoms with Gasteiger partial charge in [-0.1, -0.05) is 20.8 Å². The van der Waals surface area contributed by atoms with Gasteiger partial charge in [-0.15, -0.1) is 0 Å². The Balaban J connectivity index is 2.23. The molecule has 0 saturated heterocycles. The van der Waals surface area contributed by atoms with Crippen LogP contribution in [0, 0.1) is 0 Å². The molecule has 4 nitrogen and oxygen atoms in total. The third kappa shape index (κ3) is 3.56. The maximum Gasteiger partial charge on any atom is 0.137 e. The first-order valence-corrected chi connectivity index (χ1v) is 7.00. The SMILES string of the molecule is CC(Nc1cc(Br)nc(C(C)(C)C)n1)c1ccco1. The monoisotopic (exact) mass is 323 g/mol. The summed E-state index contributed by atoms with van der Waals surface area (Å²) in [5, 5.41) is 3.32. The summed E-state index contributed by atoms with van der Waals surface area (Å²) in [4.78, 5) is 8.98. The van der Waals surface area contributed by atoms with E-state index in [0.29, 0.717) is 0 Å². The molecule has 102 valence electrons. The predicted octanol–water partition coefficient (Wildman–Crippen LogP) is 4.30. The molecule has 5 heteroatoms. The number of hydrogen-bond donors (Lipinski definition) is 1. The van der Waals surface area contributed by atoms with E-state index in [1.54, 1.807) is 6.26 Å². The number of nitrogens with zero attached hydrogens (tertiary/aromatic N) is 2. The van der Waals surface area contributed by atoms with Gasteiger partial charge in [0.25, 0.3) is 0 Å². The van der Waals surface area contributed by atoms with Crippen LogP contribution in [0.3, 0.4) is 0 Å². The van der Waals surface area contributed by atoms with Crippen molar-refractivity contribution in [3.63, 3.8) is 0 Å². The van der Waals surface area contributed by atoms with Crippen LogP contribution in [0.5, 0.6) is 0 Å². The number of halogens is 1. The smallest absolute Gasteiger partial charge is 0.137 e.